The van der Waals surface area contributed by atoms with Gasteiger partial charge in [-0.1, -0.05) is 6.08 Å². The quantitative estimate of drug-likeness (QED) is 0.247. The van der Waals surface area contributed by atoms with E-state index < -0.39 is 0 Å². The fraction of sp³-hybridized carbons (Fsp3) is 0.333. The average molecular weight is 88.3 g/mol. The maximum absolute atomic E-state index is 5.34. The number of rotatable bonds is 1. The van der Waals surface area contributed by atoms with Gasteiger partial charge in [-0.15, -0.1) is 18.2 Å². The first-order valence-electron chi connectivity index (χ1n) is 1.54. The van der Waals surface area contributed by atoms with Crippen LogP contribution in [0, 0.1) is 0 Å². The molecule has 5 heavy (non-hydrogen) atoms. The Bertz CT molecular complexity index is 33.9. The lowest BCUT2D eigenvalue weighted by molar-refractivity contribution is 1.63. The van der Waals surface area contributed by atoms with Crippen LogP contribution < -0.4 is 0 Å². The standard InChI is InChI=1S/C3H6BCl/c1-2-3(4)5/h2-3H,1,4H2. The second kappa shape index (κ2) is 2.34. The van der Waals surface area contributed by atoms with Gasteiger partial charge in [0.2, 0.25) is 0 Å². The minimum Gasteiger partial charge on any atom is -0.129 e. The van der Waals surface area contributed by atoms with Crippen LogP contribution in [-0.4, -0.2) is 13.1 Å². The summed E-state index contributed by atoms with van der Waals surface area (Å²) >= 11 is 5.34. The van der Waals surface area contributed by atoms with E-state index in [-0.39, 0.29) is 5.28 Å². The fourth-order valence-electron chi connectivity index (χ4n) is 0. The molecule has 1 atom stereocenters. The van der Waals surface area contributed by atoms with Crippen LogP contribution in [0.3, 0.4) is 0 Å². The van der Waals surface area contributed by atoms with Crippen molar-refractivity contribution in [3.05, 3.63) is 12.7 Å². The third-order valence-corrected chi connectivity index (χ3v) is 0.503. The molecule has 0 aromatic heterocycles. The van der Waals surface area contributed by atoms with Gasteiger partial charge >= 0.3 is 0 Å². The Balaban J connectivity index is 2.83. The molecule has 0 fully saturated rings. The number of hydrogen-bond acceptors (Lipinski definition) is 0. The summed E-state index contributed by atoms with van der Waals surface area (Å²) in [5.74, 6) is 0. The van der Waals surface area contributed by atoms with Crippen molar-refractivity contribution in [2.45, 2.75) is 5.28 Å². The molecule has 0 radical (unpaired) electrons. The molecule has 0 aliphatic heterocycles. The predicted octanol–water partition coefficient (Wildman–Crippen LogP) is 0.370. The van der Waals surface area contributed by atoms with Crippen molar-refractivity contribution >= 4 is 19.4 Å². The second-order valence-corrected chi connectivity index (χ2v) is 1.60. The monoisotopic (exact) mass is 88.0 g/mol. The predicted molar refractivity (Wildman–Crippen MR) is 28.4 cm³/mol. The smallest absolute Gasteiger partial charge is 0.129 e. The summed E-state index contributed by atoms with van der Waals surface area (Å²) in [6.45, 7) is 3.43. The van der Waals surface area contributed by atoms with Gasteiger partial charge in [-0.05, 0) is 0 Å². The van der Waals surface area contributed by atoms with Crippen molar-refractivity contribution in [1.82, 2.24) is 0 Å². The largest absolute Gasteiger partial charge is 0.129 e. The Morgan fingerprint density at radius 3 is 2.20 bits per heavy atom. The highest BCUT2D eigenvalue weighted by Gasteiger charge is 1.78. The SMILES string of the molecule is BC(Cl)C=C. The molecule has 28 valence electrons. The molecule has 0 heterocycles. The van der Waals surface area contributed by atoms with Crippen molar-refractivity contribution < 1.29 is 0 Å². The lowest BCUT2D eigenvalue weighted by Crippen LogP contribution is -1.85. The van der Waals surface area contributed by atoms with Crippen molar-refractivity contribution in [2.24, 2.45) is 0 Å². The van der Waals surface area contributed by atoms with Crippen LogP contribution in [-0.2, 0) is 0 Å². The van der Waals surface area contributed by atoms with Crippen LogP contribution in [0.15, 0.2) is 12.7 Å². The summed E-state index contributed by atoms with van der Waals surface area (Å²) in [6, 6.07) is 0. The van der Waals surface area contributed by atoms with Crippen LogP contribution in [0.1, 0.15) is 0 Å². The summed E-state index contributed by atoms with van der Waals surface area (Å²) in [6.07, 6.45) is 1.68. The molecule has 0 aliphatic rings. The third kappa shape index (κ3) is 4.09. The summed E-state index contributed by atoms with van der Waals surface area (Å²) < 4.78 is 0. The third-order valence-electron chi connectivity index (χ3n) is 0.325. The van der Waals surface area contributed by atoms with Crippen LogP contribution >= 0.6 is 11.6 Å². The summed E-state index contributed by atoms with van der Waals surface area (Å²) in [5, 5.41) is 0.120. The van der Waals surface area contributed by atoms with Gasteiger partial charge in [0.05, 0.1) is 0 Å². The van der Waals surface area contributed by atoms with E-state index in [1.54, 1.807) is 6.08 Å². The van der Waals surface area contributed by atoms with E-state index in [4.69, 9.17) is 11.6 Å². The molecule has 0 saturated carbocycles. The molecule has 1 unspecified atom stereocenters. The number of alkyl halides is 1. The van der Waals surface area contributed by atoms with E-state index in [1.807, 2.05) is 7.85 Å². The zero-order valence-electron chi connectivity index (χ0n) is 3.24. The summed E-state index contributed by atoms with van der Waals surface area (Å²) in [4.78, 5) is 0. The number of hydrogen-bond donors (Lipinski definition) is 0. The highest BCUT2D eigenvalue weighted by molar-refractivity contribution is 6.41. The van der Waals surface area contributed by atoms with E-state index in [1.165, 1.54) is 0 Å². The molecule has 0 aromatic carbocycles. The van der Waals surface area contributed by atoms with Crippen molar-refractivity contribution in [3.8, 4) is 0 Å². The van der Waals surface area contributed by atoms with Gasteiger partial charge in [-0.2, -0.15) is 0 Å². The molecule has 0 saturated heterocycles. The van der Waals surface area contributed by atoms with Gasteiger partial charge < -0.3 is 0 Å². The second-order valence-electron chi connectivity index (χ2n) is 0.913. The van der Waals surface area contributed by atoms with E-state index in [2.05, 4.69) is 6.58 Å². The average Bonchev–Trinajstić information content (AvgIpc) is 1.38. The minimum absolute atomic E-state index is 0.120. The maximum atomic E-state index is 5.34. The molecule has 0 rings (SSSR count). The van der Waals surface area contributed by atoms with Crippen molar-refractivity contribution in [2.75, 3.05) is 0 Å². The Morgan fingerprint density at radius 1 is 2.00 bits per heavy atom. The number of allylic oxidation sites excluding steroid dienone is 1. The lowest BCUT2D eigenvalue weighted by atomic mass is 10.1. The van der Waals surface area contributed by atoms with Crippen molar-refractivity contribution in [3.63, 3.8) is 0 Å². The Labute approximate surface area is 38.2 Å². The molecular weight excluding hydrogens is 82.3 g/mol. The topological polar surface area (TPSA) is 0 Å². The molecule has 0 nitrogen and oxygen atoms in total. The van der Waals surface area contributed by atoms with E-state index in [9.17, 15) is 0 Å². The Kier molecular flexibility index (Phi) is 2.38. The Hall–Kier alpha value is 0.0949. The van der Waals surface area contributed by atoms with Gasteiger partial charge in [0, 0.05) is 5.28 Å². The minimum atomic E-state index is 0.120. The molecular formula is C3H6BCl. The van der Waals surface area contributed by atoms with Gasteiger partial charge in [0.25, 0.3) is 0 Å². The van der Waals surface area contributed by atoms with Crippen LogP contribution in [0.25, 0.3) is 0 Å². The number of halogens is 1. The zero-order valence-corrected chi connectivity index (χ0v) is 4.00. The van der Waals surface area contributed by atoms with Crippen molar-refractivity contribution in [1.29, 1.82) is 0 Å². The van der Waals surface area contributed by atoms with Crippen LogP contribution in [0.4, 0.5) is 0 Å². The van der Waals surface area contributed by atoms with E-state index in [0.717, 1.165) is 0 Å². The molecule has 0 amide bonds. The highest BCUT2D eigenvalue weighted by atomic mass is 35.5. The normalized spacial score (nSPS) is 13.8. The molecule has 0 aliphatic carbocycles. The van der Waals surface area contributed by atoms with Crippen LogP contribution in [0.2, 0.25) is 0 Å². The zero-order chi connectivity index (χ0) is 4.28. The summed E-state index contributed by atoms with van der Waals surface area (Å²) in [7, 11) is 1.87. The van der Waals surface area contributed by atoms with E-state index in [0.29, 0.717) is 0 Å². The summed E-state index contributed by atoms with van der Waals surface area (Å²) in [5.41, 5.74) is 0. The first-order valence-corrected chi connectivity index (χ1v) is 1.97. The molecule has 0 bridgehead atoms. The molecule has 0 spiro atoms. The lowest BCUT2D eigenvalue weighted by Gasteiger charge is -1.80. The Morgan fingerprint density at radius 2 is 2.20 bits per heavy atom. The van der Waals surface area contributed by atoms with Gasteiger partial charge in [0.1, 0.15) is 7.85 Å². The maximum Gasteiger partial charge on any atom is 0.129 e. The molecule has 0 aromatic rings. The molecule has 0 N–H and O–H groups in total. The van der Waals surface area contributed by atoms with E-state index >= 15 is 0 Å². The first kappa shape index (κ1) is 5.09. The van der Waals surface area contributed by atoms with Crippen LogP contribution in [0.5, 0.6) is 0 Å². The van der Waals surface area contributed by atoms with Gasteiger partial charge in [-0.3, -0.25) is 0 Å². The molecule has 2 heteroatoms. The van der Waals surface area contributed by atoms with Gasteiger partial charge in [0.15, 0.2) is 0 Å². The highest BCUT2D eigenvalue weighted by Crippen LogP contribution is 1.84. The first-order chi connectivity index (χ1) is 2.27. The fourth-order valence-corrected chi connectivity index (χ4v) is 0. The van der Waals surface area contributed by atoms with Gasteiger partial charge in [-0.25, -0.2) is 0 Å².